The first kappa shape index (κ1) is 33.8. The van der Waals surface area contributed by atoms with E-state index in [1.54, 1.807) is 25.3 Å². The first-order valence-electron chi connectivity index (χ1n) is 14.2. The predicted molar refractivity (Wildman–Crippen MR) is 154 cm³/mol. The van der Waals surface area contributed by atoms with Crippen LogP contribution in [-0.4, -0.2) is 80.0 Å². The minimum absolute atomic E-state index is 0.131. The van der Waals surface area contributed by atoms with Gasteiger partial charge in [-0.1, -0.05) is 38.5 Å². The molecule has 3 rings (SSSR count). The average Bonchev–Trinajstić information content (AvgIpc) is 3.72. The maximum atomic E-state index is 12.5. The quantitative estimate of drug-likeness (QED) is 0.265. The standard InChI is InChI=1S/C17H32N2O2.C9H8O2.C5H12O/c1-13-6-7-15(10-11-18(5)14-8-9-14)19(12-13)16(20)21-17(2,3)4;10-5-4-8-2-1-3-9(6-8)7-11;1-3-4-5-6-2/h13-15H,6-12H2,1-5H3;1-3,5-7H,4H2;3-5H2,1-2H3/t13-,15-;;/m1../s1. The molecule has 0 aromatic heterocycles. The Morgan fingerprint density at radius 3 is 2.39 bits per heavy atom. The third-order valence-electron chi connectivity index (χ3n) is 6.66. The summed E-state index contributed by atoms with van der Waals surface area (Å²) in [5.41, 5.74) is 1.08. The molecule has 1 aromatic carbocycles. The summed E-state index contributed by atoms with van der Waals surface area (Å²) in [6, 6.07) is 8.15. The highest BCUT2D eigenvalue weighted by molar-refractivity contribution is 5.75. The normalized spacial score (nSPS) is 19.0. The number of carbonyl (C=O) groups excluding carboxylic acids is 3. The lowest BCUT2D eigenvalue weighted by molar-refractivity contribution is -0.107. The second-order valence-corrected chi connectivity index (χ2v) is 11.5. The highest BCUT2D eigenvalue weighted by Crippen LogP contribution is 2.29. The Labute approximate surface area is 231 Å². The highest BCUT2D eigenvalue weighted by Gasteiger charge is 2.34. The van der Waals surface area contributed by atoms with Crippen molar-refractivity contribution in [2.24, 2.45) is 5.92 Å². The van der Waals surface area contributed by atoms with Gasteiger partial charge in [-0.3, -0.25) is 4.79 Å². The number of carbonyl (C=O) groups is 3. The number of benzene rings is 1. The van der Waals surface area contributed by atoms with E-state index in [1.807, 2.05) is 31.7 Å². The molecule has 1 saturated carbocycles. The van der Waals surface area contributed by atoms with Gasteiger partial charge in [0.1, 0.15) is 18.2 Å². The summed E-state index contributed by atoms with van der Waals surface area (Å²) in [5, 5.41) is 0. The lowest BCUT2D eigenvalue weighted by Crippen LogP contribution is -2.49. The van der Waals surface area contributed by atoms with Crippen LogP contribution in [-0.2, 0) is 20.7 Å². The molecule has 0 N–H and O–H groups in total. The van der Waals surface area contributed by atoms with Crippen molar-refractivity contribution in [2.45, 2.75) is 104 Å². The van der Waals surface area contributed by atoms with Crippen LogP contribution in [0.5, 0.6) is 0 Å². The van der Waals surface area contributed by atoms with E-state index < -0.39 is 5.60 Å². The molecule has 1 heterocycles. The first-order chi connectivity index (χ1) is 18.0. The summed E-state index contributed by atoms with van der Waals surface area (Å²) < 4.78 is 10.4. The van der Waals surface area contributed by atoms with Gasteiger partial charge >= 0.3 is 6.09 Å². The molecule has 1 amide bonds. The molecule has 0 unspecified atom stereocenters. The fourth-order valence-electron chi connectivity index (χ4n) is 4.28. The number of nitrogens with zero attached hydrogens (tertiary/aromatic N) is 2. The topological polar surface area (TPSA) is 76.2 Å². The molecule has 2 aliphatic rings. The van der Waals surface area contributed by atoms with E-state index in [4.69, 9.17) is 9.47 Å². The van der Waals surface area contributed by atoms with Gasteiger partial charge in [0.15, 0.2) is 0 Å². The predicted octanol–water partition coefficient (Wildman–Crippen LogP) is 6.18. The maximum Gasteiger partial charge on any atom is 0.410 e. The van der Waals surface area contributed by atoms with Gasteiger partial charge in [-0.2, -0.15) is 0 Å². The smallest absolute Gasteiger partial charge is 0.410 e. The van der Waals surface area contributed by atoms with Gasteiger partial charge in [0.05, 0.1) is 0 Å². The molecular formula is C31H52N2O5. The number of rotatable bonds is 10. The molecule has 38 heavy (non-hydrogen) atoms. The van der Waals surface area contributed by atoms with Gasteiger partial charge in [-0.15, -0.1) is 0 Å². The van der Waals surface area contributed by atoms with Crippen LogP contribution in [0.2, 0.25) is 0 Å². The van der Waals surface area contributed by atoms with Crippen molar-refractivity contribution in [3.05, 3.63) is 35.4 Å². The average molecular weight is 533 g/mol. The Hall–Kier alpha value is -2.25. The van der Waals surface area contributed by atoms with E-state index in [0.29, 0.717) is 23.9 Å². The molecule has 0 spiro atoms. The minimum atomic E-state index is -0.410. The third kappa shape index (κ3) is 14.6. The first-order valence-corrected chi connectivity index (χ1v) is 14.2. The van der Waals surface area contributed by atoms with E-state index in [1.165, 1.54) is 32.1 Å². The fourth-order valence-corrected chi connectivity index (χ4v) is 4.28. The summed E-state index contributed by atoms with van der Waals surface area (Å²) in [5.74, 6) is 0.579. The fraction of sp³-hybridized carbons (Fsp3) is 0.710. The van der Waals surface area contributed by atoms with Crippen molar-refractivity contribution >= 4 is 18.7 Å². The number of unbranched alkanes of at least 4 members (excludes halogenated alkanes) is 1. The molecule has 1 aliphatic heterocycles. The number of piperidine rings is 1. The lowest BCUT2D eigenvalue weighted by atomic mass is 9.92. The third-order valence-corrected chi connectivity index (χ3v) is 6.66. The molecule has 0 bridgehead atoms. The van der Waals surface area contributed by atoms with E-state index >= 15 is 0 Å². The molecule has 1 saturated heterocycles. The van der Waals surface area contributed by atoms with Crippen LogP contribution in [0, 0.1) is 5.92 Å². The molecule has 1 aromatic rings. The summed E-state index contributed by atoms with van der Waals surface area (Å²) in [6.45, 7) is 13.0. The Morgan fingerprint density at radius 1 is 1.16 bits per heavy atom. The lowest BCUT2D eigenvalue weighted by Gasteiger charge is -2.40. The molecule has 216 valence electrons. The molecule has 2 atom stereocenters. The number of ether oxygens (including phenoxy) is 2. The second-order valence-electron chi connectivity index (χ2n) is 11.5. The van der Waals surface area contributed by atoms with Gasteiger partial charge < -0.3 is 24.1 Å². The number of likely N-dealkylation sites (tertiary alicyclic amines) is 1. The van der Waals surface area contributed by atoms with E-state index in [-0.39, 0.29) is 6.09 Å². The van der Waals surface area contributed by atoms with Crippen molar-refractivity contribution in [1.29, 1.82) is 0 Å². The van der Waals surface area contributed by atoms with Crippen LogP contribution in [0.15, 0.2) is 24.3 Å². The molecule has 2 fully saturated rings. The monoisotopic (exact) mass is 532 g/mol. The van der Waals surface area contributed by atoms with Crippen molar-refractivity contribution in [3.63, 3.8) is 0 Å². The van der Waals surface area contributed by atoms with Crippen LogP contribution in [0.4, 0.5) is 4.79 Å². The Kier molecular flexibility index (Phi) is 16.1. The van der Waals surface area contributed by atoms with Crippen molar-refractivity contribution in [3.8, 4) is 0 Å². The summed E-state index contributed by atoms with van der Waals surface area (Å²) in [7, 11) is 3.94. The van der Waals surface area contributed by atoms with Crippen LogP contribution < -0.4 is 0 Å². The Balaban J connectivity index is 0.000000353. The zero-order valence-electron chi connectivity index (χ0n) is 24.9. The SMILES string of the molecule is CCCCOC.C[C@@H]1CC[C@H](CCN(C)C2CC2)N(C(=O)OC(C)(C)C)C1.O=CCc1cccc(C=O)c1. The van der Waals surface area contributed by atoms with Crippen LogP contribution in [0.25, 0.3) is 0 Å². The van der Waals surface area contributed by atoms with Gasteiger partial charge in [-0.25, -0.2) is 4.79 Å². The molecule has 1 aliphatic carbocycles. The minimum Gasteiger partial charge on any atom is -0.444 e. The van der Waals surface area contributed by atoms with Crippen LogP contribution in [0.3, 0.4) is 0 Å². The largest absolute Gasteiger partial charge is 0.444 e. The van der Waals surface area contributed by atoms with Crippen LogP contribution >= 0.6 is 0 Å². The van der Waals surface area contributed by atoms with Gasteiger partial charge in [-0.05, 0) is 83.9 Å². The Morgan fingerprint density at radius 2 is 1.87 bits per heavy atom. The van der Waals surface area contributed by atoms with Gasteiger partial charge in [0, 0.05) is 50.9 Å². The van der Waals surface area contributed by atoms with E-state index in [2.05, 4.69) is 25.8 Å². The highest BCUT2D eigenvalue weighted by atomic mass is 16.6. The zero-order valence-corrected chi connectivity index (χ0v) is 24.9. The van der Waals surface area contributed by atoms with E-state index in [9.17, 15) is 14.4 Å². The van der Waals surface area contributed by atoms with Crippen molar-refractivity contribution < 1.29 is 23.9 Å². The second kappa shape index (κ2) is 18.1. The summed E-state index contributed by atoms with van der Waals surface area (Å²) in [4.78, 5) is 37.2. The van der Waals surface area contributed by atoms with Gasteiger partial charge in [0.2, 0.25) is 0 Å². The number of hydrogen-bond acceptors (Lipinski definition) is 6. The molecule has 7 heteroatoms. The molecule has 7 nitrogen and oxygen atoms in total. The number of amides is 1. The number of aldehydes is 2. The van der Waals surface area contributed by atoms with Crippen molar-refractivity contribution in [1.82, 2.24) is 9.80 Å². The molecule has 0 radical (unpaired) electrons. The van der Waals surface area contributed by atoms with Crippen molar-refractivity contribution in [2.75, 3.05) is 33.9 Å². The Bertz CT molecular complexity index is 815. The summed E-state index contributed by atoms with van der Waals surface area (Å²) >= 11 is 0. The number of methoxy groups -OCH3 is 1. The zero-order chi connectivity index (χ0) is 28.6. The van der Waals surface area contributed by atoms with Gasteiger partial charge in [0.25, 0.3) is 0 Å². The van der Waals surface area contributed by atoms with Crippen LogP contribution in [0.1, 0.15) is 95.5 Å². The number of hydrogen-bond donors (Lipinski definition) is 0. The maximum absolute atomic E-state index is 12.5. The molecular weight excluding hydrogens is 480 g/mol. The van der Waals surface area contributed by atoms with E-state index in [0.717, 1.165) is 56.7 Å². The summed E-state index contributed by atoms with van der Waals surface area (Å²) in [6.07, 6.45) is 10.3.